The van der Waals surface area contributed by atoms with Gasteiger partial charge in [-0.15, -0.1) is 0 Å². The molecular formula is C12H14ClNOS. The van der Waals surface area contributed by atoms with E-state index in [4.69, 9.17) is 28.6 Å². The van der Waals surface area contributed by atoms with Crippen molar-refractivity contribution in [3.8, 4) is 0 Å². The summed E-state index contributed by atoms with van der Waals surface area (Å²) in [5.74, 6) is 0. The van der Waals surface area contributed by atoms with Gasteiger partial charge in [0.25, 0.3) is 0 Å². The predicted octanol–water partition coefficient (Wildman–Crippen LogP) is 2.71. The van der Waals surface area contributed by atoms with Crippen LogP contribution in [0.25, 0.3) is 0 Å². The van der Waals surface area contributed by atoms with Crippen molar-refractivity contribution in [3.63, 3.8) is 0 Å². The van der Waals surface area contributed by atoms with Gasteiger partial charge in [-0.3, -0.25) is 4.90 Å². The Morgan fingerprint density at radius 1 is 1.44 bits per heavy atom. The molecule has 2 nitrogen and oxygen atoms in total. The molecule has 1 unspecified atom stereocenters. The van der Waals surface area contributed by atoms with Crippen molar-refractivity contribution in [3.05, 3.63) is 34.9 Å². The molecule has 1 saturated heterocycles. The van der Waals surface area contributed by atoms with Gasteiger partial charge in [0.15, 0.2) is 0 Å². The number of morpholine rings is 1. The van der Waals surface area contributed by atoms with Gasteiger partial charge in [-0.2, -0.15) is 0 Å². The predicted molar refractivity (Wildman–Crippen MR) is 70.2 cm³/mol. The zero-order valence-corrected chi connectivity index (χ0v) is 10.5. The lowest BCUT2D eigenvalue weighted by atomic mass is 10.1. The zero-order chi connectivity index (χ0) is 11.4. The summed E-state index contributed by atoms with van der Waals surface area (Å²) < 4.78 is 5.75. The summed E-state index contributed by atoms with van der Waals surface area (Å²) in [6.07, 6.45) is 0.140. The van der Waals surface area contributed by atoms with E-state index in [0.29, 0.717) is 0 Å². The number of ether oxygens (including phenoxy) is 1. The molecule has 2 rings (SSSR count). The molecule has 1 heterocycles. The molecule has 1 aliphatic heterocycles. The van der Waals surface area contributed by atoms with E-state index < -0.39 is 0 Å². The lowest BCUT2D eigenvalue weighted by Crippen LogP contribution is -2.39. The molecule has 0 saturated carbocycles. The van der Waals surface area contributed by atoms with Gasteiger partial charge in [0.1, 0.15) is 0 Å². The number of thiocarbonyl (C=S) groups is 1. The van der Waals surface area contributed by atoms with E-state index in [9.17, 15) is 0 Å². The zero-order valence-electron chi connectivity index (χ0n) is 8.93. The van der Waals surface area contributed by atoms with Crippen molar-refractivity contribution in [2.24, 2.45) is 0 Å². The normalized spacial score (nSPS) is 21.9. The van der Waals surface area contributed by atoms with Crippen LogP contribution in [0.5, 0.6) is 0 Å². The SMILES string of the molecule is S=CCN1CCOC(c2ccc(Cl)cc2)C1. The Bertz CT molecular complexity index is 355. The molecule has 0 bridgehead atoms. The first-order valence-corrected chi connectivity index (χ1v) is 6.17. The van der Waals surface area contributed by atoms with Gasteiger partial charge in [0.05, 0.1) is 12.7 Å². The minimum absolute atomic E-state index is 0.140. The van der Waals surface area contributed by atoms with Crippen molar-refractivity contribution in [1.29, 1.82) is 0 Å². The second kappa shape index (κ2) is 5.73. The third-order valence-corrected chi connectivity index (χ3v) is 3.13. The maximum absolute atomic E-state index is 5.86. The number of halogens is 1. The highest BCUT2D eigenvalue weighted by atomic mass is 35.5. The van der Waals surface area contributed by atoms with Crippen molar-refractivity contribution in [2.45, 2.75) is 6.10 Å². The molecule has 86 valence electrons. The number of nitrogens with zero attached hydrogens (tertiary/aromatic N) is 1. The van der Waals surface area contributed by atoms with E-state index in [1.165, 1.54) is 5.56 Å². The Kier molecular flexibility index (Phi) is 4.29. The first-order valence-electron chi connectivity index (χ1n) is 5.32. The molecule has 1 aromatic carbocycles. The third kappa shape index (κ3) is 3.01. The van der Waals surface area contributed by atoms with Gasteiger partial charge in [-0.05, 0) is 23.1 Å². The molecule has 1 aliphatic rings. The van der Waals surface area contributed by atoms with Gasteiger partial charge < -0.3 is 4.74 Å². The minimum Gasteiger partial charge on any atom is -0.371 e. The van der Waals surface area contributed by atoms with Crippen LogP contribution >= 0.6 is 23.8 Å². The van der Waals surface area contributed by atoms with Gasteiger partial charge >= 0.3 is 0 Å². The van der Waals surface area contributed by atoms with Crippen molar-refractivity contribution in [2.75, 3.05) is 26.2 Å². The molecule has 0 aromatic heterocycles. The van der Waals surface area contributed by atoms with Crippen LogP contribution in [0.1, 0.15) is 11.7 Å². The molecule has 0 amide bonds. The molecule has 0 radical (unpaired) electrons. The van der Waals surface area contributed by atoms with Gasteiger partial charge in [-0.1, -0.05) is 36.0 Å². The highest BCUT2D eigenvalue weighted by Crippen LogP contribution is 2.23. The summed E-state index contributed by atoms with van der Waals surface area (Å²) in [6.45, 7) is 3.46. The molecule has 0 spiro atoms. The monoisotopic (exact) mass is 255 g/mol. The summed E-state index contributed by atoms with van der Waals surface area (Å²) in [5.41, 5.74) is 1.18. The molecular weight excluding hydrogens is 242 g/mol. The van der Waals surface area contributed by atoms with E-state index in [-0.39, 0.29) is 6.10 Å². The van der Waals surface area contributed by atoms with E-state index in [1.54, 1.807) is 5.37 Å². The highest BCUT2D eigenvalue weighted by molar-refractivity contribution is 7.79. The average Bonchev–Trinajstić information content (AvgIpc) is 2.31. The lowest BCUT2D eigenvalue weighted by molar-refractivity contribution is -0.0242. The largest absolute Gasteiger partial charge is 0.371 e. The molecule has 0 aliphatic carbocycles. The number of rotatable bonds is 3. The quantitative estimate of drug-likeness (QED) is 0.771. The van der Waals surface area contributed by atoms with Gasteiger partial charge in [0, 0.05) is 24.7 Å². The second-order valence-electron chi connectivity index (χ2n) is 3.84. The molecule has 1 aromatic rings. The third-order valence-electron chi connectivity index (χ3n) is 2.73. The molecule has 16 heavy (non-hydrogen) atoms. The summed E-state index contributed by atoms with van der Waals surface area (Å²) in [7, 11) is 0. The Labute approximate surface area is 106 Å². The van der Waals surface area contributed by atoms with E-state index in [2.05, 4.69) is 4.90 Å². The van der Waals surface area contributed by atoms with Crippen molar-refractivity contribution in [1.82, 2.24) is 4.90 Å². The number of hydrogen-bond acceptors (Lipinski definition) is 3. The van der Waals surface area contributed by atoms with Crippen LogP contribution in [0, 0.1) is 0 Å². The van der Waals surface area contributed by atoms with Crippen molar-refractivity contribution < 1.29 is 4.74 Å². The average molecular weight is 256 g/mol. The summed E-state index contributed by atoms with van der Waals surface area (Å²) in [6, 6.07) is 7.85. The minimum atomic E-state index is 0.140. The van der Waals surface area contributed by atoms with Gasteiger partial charge in [0.2, 0.25) is 0 Å². The summed E-state index contributed by atoms with van der Waals surface area (Å²) in [4.78, 5) is 2.30. The first-order chi connectivity index (χ1) is 7.79. The van der Waals surface area contributed by atoms with E-state index in [1.807, 2.05) is 24.3 Å². The van der Waals surface area contributed by atoms with Crippen LogP contribution in [-0.2, 0) is 4.74 Å². The molecule has 4 heteroatoms. The standard InChI is InChI=1S/C12H14ClNOS/c13-11-3-1-10(2-4-11)12-9-14(6-8-16)5-7-15-12/h1-4,8,12H,5-7,9H2. The molecule has 1 atom stereocenters. The van der Waals surface area contributed by atoms with E-state index >= 15 is 0 Å². The van der Waals surface area contributed by atoms with Crippen LogP contribution < -0.4 is 0 Å². The Morgan fingerprint density at radius 3 is 2.88 bits per heavy atom. The van der Waals surface area contributed by atoms with E-state index in [0.717, 1.165) is 31.3 Å². The molecule has 1 fully saturated rings. The van der Waals surface area contributed by atoms with Crippen LogP contribution in [0.2, 0.25) is 5.02 Å². The van der Waals surface area contributed by atoms with Crippen LogP contribution in [0.4, 0.5) is 0 Å². The summed E-state index contributed by atoms with van der Waals surface area (Å²) >= 11 is 10.7. The number of benzene rings is 1. The Balaban J connectivity index is 2.03. The second-order valence-corrected chi connectivity index (χ2v) is 4.61. The highest BCUT2D eigenvalue weighted by Gasteiger charge is 2.20. The topological polar surface area (TPSA) is 12.5 Å². The van der Waals surface area contributed by atoms with Crippen LogP contribution in [-0.4, -0.2) is 36.5 Å². The fraction of sp³-hybridized carbons (Fsp3) is 0.417. The Morgan fingerprint density at radius 2 is 2.19 bits per heavy atom. The van der Waals surface area contributed by atoms with Crippen LogP contribution in [0.15, 0.2) is 24.3 Å². The molecule has 0 N–H and O–H groups in total. The summed E-state index contributed by atoms with van der Waals surface area (Å²) in [5, 5.41) is 2.53. The van der Waals surface area contributed by atoms with Gasteiger partial charge in [-0.25, -0.2) is 0 Å². The smallest absolute Gasteiger partial charge is 0.0952 e. The Hall–Kier alpha value is -0.480. The van der Waals surface area contributed by atoms with Crippen LogP contribution in [0.3, 0.4) is 0 Å². The maximum atomic E-state index is 5.86. The fourth-order valence-corrected chi connectivity index (χ4v) is 2.19. The lowest BCUT2D eigenvalue weighted by Gasteiger charge is -2.32. The first kappa shape index (κ1) is 12.0. The van der Waals surface area contributed by atoms with Crippen molar-refractivity contribution >= 4 is 29.2 Å². The maximum Gasteiger partial charge on any atom is 0.0952 e. The fourth-order valence-electron chi connectivity index (χ4n) is 1.85. The number of hydrogen-bond donors (Lipinski definition) is 0.